The molecule has 1 aromatic rings. The Labute approximate surface area is 126 Å². The van der Waals surface area contributed by atoms with Gasteiger partial charge in [-0.2, -0.15) is 0 Å². The zero-order valence-electron chi connectivity index (χ0n) is 13.4. The van der Waals surface area contributed by atoms with E-state index in [1.54, 1.807) is 13.2 Å². The minimum atomic E-state index is -0.380. The van der Waals surface area contributed by atoms with Crippen LogP contribution < -0.4 is 14.8 Å². The van der Waals surface area contributed by atoms with Gasteiger partial charge in [-0.1, -0.05) is 13.0 Å². The largest absolute Gasteiger partial charge is 0.497 e. The monoisotopic (exact) mass is 295 g/mol. The first-order valence-electron chi connectivity index (χ1n) is 7.21. The van der Waals surface area contributed by atoms with E-state index in [0.717, 1.165) is 12.1 Å². The lowest BCUT2D eigenvalue weighted by Gasteiger charge is -2.18. The summed E-state index contributed by atoms with van der Waals surface area (Å²) in [4.78, 5) is 11.6. The fraction of sp³-hybridized carbons (Fsp3) is 0.562. The first-order chi connectivity index (χ1) is 9.97. The van der Waals surface area contributed by atoms with E-state index < -0.39 is 0 Å². The predicted octanol–water partition coefficient (Wildman–Crippen LogP) is 2.70. The van der Waals surface area contributed by atoms with Crippen molar-refractivity contribution in [2.75, 3.05) is 20.3 Å². The first-order valence-corrected chi connectivity index (χ1v) is 7.21. The van der Waals surface area contributed by atoms with E-state index in [9.17, 15) is 4.79 Å². The predicted molar refractivity (Wildman–Crippen MR) is 81.8 cm³/mol. The number of nitrogens with one attached hydrogen (secondary N) is 1. The third-order valence-corrected chi connectivity index (χ3v) is 2.91. The molecule has 0 saturated carbocycles. The summed E-state index contributed by atoms with van der Waals surface area (Å²) in [6, 6.07) is 5.72. The third-order valence-electron chi connectivity index (χ3n) is 2.91. The maximum Gasteiger partial charge on any atom is 0.344 e. The van der Waals surface area contributed by atoms with Crippen LogP contribution in [-0.4, -0.2) is 32.3 Å². The summed E-state index contributed by atoms with van der Waals surface area (Å²) in [5.74, 6) is 0.938. The van der Waals surface area contributed by atoms with Gasteiger partial charge in [-0.05, 0) is 33.4 Å². The van der Waals surface area contributed by atoms with E-state index in [-0.39, 0.29) is 24.7 Å². The average Bonchev–Trinajstić information content (AvgIpc) is 2.44. The lowest BCUT2D eigenvalue weighted by atomic mass is 10.1. The number of esters is 1. The summed E-state index contributed by atoms with van der Waals surface area (Å²) in [7, 11) is 1.60. The molecule has 0 amide bonds. The highest BCUT2D eigenvalue weighted by molar-refractivity contribution is 5.71. The second kappa shape index (κ2) is 8.52. The van der Waals surface area contributed by atoms with Crippen molar-refractivity contribution in [3.63, 3.8) is 0 Å². The van der Waals surface area contributed by atoms with Crippen LogP contribution in [0.4, 0.5) is 0 Å². The first kappa shape index (κ1) is 17.3. The van der Waals surface area contributed by atoms with Gasteiger partial charge in [0.15, 0.2) is 6.61 Å². The normalized spacial score (nSPS) is 12.1. The Hall–Kier alpha value is -1.75. The molecular formula is C16H25NO4. The summed E-state index contributed by atoms with van der Waals surface area (Å²) in [5.41, 5.74) is 0.981. The fourth-order valence-corrected chi connectivity index (χ4v) is 1.97. The molecule has 0 heterocycles. The van der Waals surface area contributed by atoms with Gasteiger partial charge in [-0.25, -0.2) is 4.79 Å². The van der Waals surface area contributed by atoms with Crippen molar-refractivity contribution < 1.29 is 19.0 Å². The lowest BCUT2D eigenvalue weighted by molar-refractivity contribution is -0.149. The number of benzene rings is 1. The van der Waals surface area contributed by atoms with Crippen LogP contribution in [0.15, 0.2) is 18.2 Å². The molecule has 0 fully saturated rings. The van der Waals surface area contributed by atoms with Crippen LogP contribution in [0.25, 0.3) is 0 Å². The average molecular weight is 295 g/mol. The number of carbonyl (C=O) groups is 1. The molecule has 0 bridgehead atoms. The van der Waals surface area contributed by atoms with E-state index in [1.165, 1.54) is 0 Å². The number of rotatable bonds is 8. The van der Waals surface area contributed by atoms with Crippen LogP contribution in [-0.2, 0) is 9.53 Å². The molecule has 0 radical (unpaired) electrons. The minimum Gasteiger partial charge on any atom is -0.497 e. The molecule has 5 heteroatoms. The summed E-state index contributed by atoms with van der Waals surface area (Å²) in [6.45, 7) is 8.44. The molecule has 1 unspecified atom stereocenters. The van der Waals surface area contributed by atoms with Crippen LogP contribution in [0.5, 0.6) is 11.5 Å². The van der Waals surface area contributed by atoms with Gasteiger partial charge in [-0.3, -0.25) is 0 Å². The zero-order valence-corrected chi connectivity index (χ0v) is 13.4. The van der Waals surface area contributed by atoms with E-state index in [0.29, 0.717) is 11.5 Å². The molecule has 1 aromatic carbocycles. The Morgan fingerprint density at radius 3 is 2.57 bits per heavy atom. The molecule has 0 aliphatic rings. The van der Waals surface area contributed by atoms with Crippen LogP contribution >= 0.6 is 0 Å². The van der Waals surface area contributed by atoms with Gasteiger partial charge in [-0.15, -0.1) is 0 Å². The molecule has 1 N–H and O–H groups in total. The Balaban J connectivity index is 2.83. The Kier molecular flexibility index (Phi) is 7.02. The Bertz CT molecular complexity index is 460. The highest BCUT2D eigenvalue weighted by Crippen LogP contribution is 2.29. The van der Waals surface area contributed by atoms with Gasteiger partial charge in [0.1, 0.15) is 11.5 Å². The highest BCUT2D eigenvalue weighted by atomic mass is 16.6. The number of ether oxygens (including phenoxy) is 3. The molecule has 118 valence electrons. The van der Waals surface area contributed by atoms with Gasteiger partial charge >= 0.3 is 5.97 Å². The number of methoxy groups -OCH3 is 1. The lowest BCUT2D eigenvalue weighted by Crippen LogP contribution is -2.21. The number of carbonyl (C=O) groups excluding carboxylic acids is 1. The Morgan fingerprint density at radius 2 is 2.00 bits per heavy atom. The SMILES string of the molecule is CCNC(C)c1ccc(OC)cc1OCC(=O)OC(C)C. The maximum absolute atomic E-state index is 11.6. The number of hydrogen-bond acceptors (Lipinski definition) is 5. The Morgan fingerprint density at radius 1 is 1.29 bits per heavy atom. The van der Waals surface area contributed by atoms with Crippen LogP contribution in [0, 0.1) is 0 Å². The smallest absolute Gasteiger partial charge is 0.344 e. The second-order valence-corrected chi connectivity index (χ2v) is 5.01. The van der Waals surface area contributed by atoms with Crippen molar-refractivity contribution in [2.24, 2.45) is 0 Å². The van der Waals surface area contributed by atoms with Crippen molar-refractivity contribution in [1.82, 2.24) is 5.32 Å². The molecule has 21 heavy (non-hydrogen) atoms. The summed E-state index contributed by atoms with van der Waals surface area (Å²) in [6.07, 6.45) is -0.147. The van der Waals surface area contributed by atoms with Gasteiger partial charge in [0.2, 0.25) is 0 Å². The molecule has 0 spiro atoms. The molecule has 5 nitrogen and oxygen atoms in total. The van der Waals surface area contributed by atoms with Crippen LogP contribution in [0.1, 0.15) is 39.3 Å². The summed E-state index contributed by atoms with van der Waals surface area (Å²) >= 11 is 0. The van der Waals surface area contributed by atoms with Gasteiger partial charge in [0, 0.05) is 17.7 Å². The second-order valence-electron chi connectivity index (χ2n) is 5.01. The zero-order chi connectivity index (χ0) is 15.8. The molecular weight excluding hydrogens is 270 g/mol. The third kappa shape index (κ3) is 5.63. The quantitative estimate of drug-likeness (QED) is 0.747. The molecule has 0 aliphatic carbocycles. The maximum atomic E-state index is 11.6. The topological polar surface area (TPSA) is 56.8 Å². The molecule has 1 rings (SSSR count). The van der Waals surface area contributed by atoms with Crippen molar-refractivity contribution >= 4 is 5.97 Å². The fourth-order valence-electron chi connectivity index (χ4n) is 1.97. The van der Waals surface area contributed by atoms with Crippen LogP contribution in [0.3, 0.4) is 0 Å². The van der Waals surface area contributed by atoms with Crippen molar-refractivity contribution in [3.8, 4) is 11.5 Å². The molecule has 0 aliphatic heterocycles. The minimum absolute atomic E-state index is 0.114. The molecule has 0 saturated heterocycles. The van der Waals surface area contributed by atoms with Crippen molar-refractivity contribution in [3.05, 3.63) is 23.8 Å². The summed E-state index contributed by atoms with van der Waals surface area (Å²) in [5, 5.41) is 3.32. The van der Waals surface area contributed by atoms with Gasteiger partial charge in [0.05, 0.1) is 13.2 Å². The summed E-state index contributed by atoms with van der Waals surface area (Å²) < 4.78 is 15.9. The molecule has 1 atom stereocenters. The van der Waals surface area contributed by atoms with Crippen LogP contribution in [0.2, 0.25) is 0 Å². The molecule has 0 aromatic heterocycles. The highest BCUT2D eigenvalue weighted by Gasteiger charge is 2.14. The van der Waals surface area contributed by atoms with Crippen molar-refractivity contribution in [1.29, 1.82) is 0 Å². The van der Waals surface area contributed by atoms with E-state index in [2.05, 4.69) is 5.32 Å². The number of hydrogen-bond donors (Lipinski definition) is 1. The van der Waals surface area contributed by atoms with E-state index in [1.807, 2.05) is 39.8 Å². The van der Waals surface area contributed by atoms with Gasteiger partial charge < -0.3 is 19.5 Å². The van der Waals surface area contributed by atoms with Crippen molar-refractivity contribution in [2.45, 2.75) is 39.8 Å². The van der Waals surface area contributed by atoms with E-state index >= 15 is 0 Å². The van der Waals surface area contributed by atoms with Gasteiger partial charge in [0.25, 0.3) is 0 Å². The van der Waals surface area contributed by atoms with E-state index in [4.69, 9.17) is 14.2 Å². The standard InChI is InChI=1S/C16H25NO4/c1-6-17-12(4)14-8-7-13(19-5)9-15(14)20-10-16(18)21-11(2)3/h7-9,11-12,17H,6,10H2,1-5H3.